The van der Waals surface area contributed by atoms with Crippen molar-refractivity contribution in [2.75, 3.05) is 0 Å². The standard InChI is InChI=1S/C15H8Cl2FN/c16-12-6-5-10(14(17)8-12)7-11(9-19)13-3-1-2-4-15(13)18/h1-8H. The van der Waals surface area contributed by atoms with Gasteiger partial charge < -0.3 is 0 Å². The van der Waals surface area contributed by atoms with Gasteiger partial charge in [0.1, 0.15) is 5.82 Å². The summed E-state index contributed by atoms with van der Waals surface area (Å²) in [4.78, 5) is 0. The minimum Gasteiger partial charge on any atom is -0.206 e. The molecule has 0 atom stereocenters. The molecule has 19 heavy (non-hydrogen) atoms. The highest BCUT2D eigenvalue weighted by Gasteiger charge is 2.08. The quantitative estimate of drug-likeness (QED) is 0.551. The monoisotopic (exact) mass is 291 g/mol. The third-order valence-electron chi connectivity index (χ3n) is 2.55. The Balaban J connectivity index is 2.51. The fourth-order valence-electron chi connectivity index (χ4n) is 1.62. The third kappa shape index (κ3) is 3.14. The SMILES string of the molecule is N#CC(=Cc1ccc(Cl)cc1Cl)c1ccccc1F. The van der Waals surface area contributed by atoms with Crippen molar-refractivity contribution in [1.29, 1.82) is 5.26 Å². The molecule has 0 aliphatic heterocycles. The van der Waals surface area contributed by atoms with Gasteiger partial charge in [-0.3, -0.25) is 0 Å². The van der Waals surface area contributed by atoms with Gasteiger partial charge in [-0.15, -0.1) is 0 Å². The molecular weight excluding hydrogens is 284 g/mol. The molecule has 0 aliphatic rings. The van der Waals surface area contributed by atoms with Gasteiger partial charge in [0, 0.05) is 15.6 Å². The topological polar surface area (TPSA) is 23.8 Å². The first-order valence-corrected chi connectivity index (χ1v) is 6.19. The van der Waals surface area contributed by atoms with Gasteiger partial charge >= 0.3 is 0 Å². The van der Waals surface area contributed by atoms with Crippen molar-refractivity contribution in [3.8, 4) is 6.07 Å². The van der Waals surface area contributed by atoms with Crippen LogP contribution in [-0.2, 0) is 0 Å². The Kier molecular flexibility index (Phi) is 4.21. The minimum atomic E-state index is -0.444. The zero-order chi connectivity index (χ0) is 13.8. The van der Waals surface area contributed by atoms with E-state index in [4.69, 9.17) is 28.5 Å². The molecule has 2 aromatic rings. The van der Waals surface area contributed by atoms with E-state index in [-0.39, 0.29) is 11.1 Å². The van der Waals surface area contributed by atoms with E-state index in [0.29, 0.717) is 15.6 Å². The summed E-state index contributed by atoms with van der Waals surface area (Å²) in [6.45, 7) is 0. The van der Waals surface area contributed by atoms with Crippen molar-refractivity contribution in [3.05, 3.63) is 69.5 Å². The smallest absolute Gasteiger partial charge is 0.131 e. The van der Waals surface area contributed by atoms with E-state index in [1.165, 1.54) is 12.1 Å². The van der Waals surface area contributed by atoms with Gasteiger partial charge in [-0.1, -0.05) is 47.5 Å². The van der Waals surface area contributed by atoms with E-state index >= 15 is 0 Å². The molecule has 0 fully saturated rings. The first kappa shape index (κ1) is 13.6. The van der Waals surface area contributed by atoms with Gasteiger partial charge in [0.05, 0.1) is 11.6 Å². The van der Waals surface area contributed by atoms with Gasteiger partial charge in [0.2, 0.25) is 0 Å². The second kappa shape index (κ2) is 5.88. The van der Waals surface area contributed by atoms with Crippen LogP contribution in [0.25, 0.3) is 11.6 Å². The number of nitrogens with zero attached hydrogens (tertiary/aromatic N) is 1. The van der Waals surface area contributed by atoms with Crippen LogP contribution in [0, 0.1) is 17.1 Å². The maximum Gasteiger partial charge on any atom is 0.131 e. The summed E-state index contributed by atoms with van der Waals surface area (Å²) in [6.07, 6.45) is 1.54. The van der Waals surface area contributed by atoms with Crippen molar-refractivity contribution in [3.63, 3.8) is 0 Å². The Hall–Kier alpha value is -1.82. The summed E-state index contributed by atoms with van der Waals surface area (Å²) >= 11 is 11.8. The van der Waals surface area contributed by atoms with Crippen molar-refractivity contribution in [2.24, 2.45) is 0 Å². The lowest BCUT2D eigenvalue weighted by Crippen LogP contribution is -1.87. The van der Waals surface area contributed by atoms with Crippen LogP contribution in [0.1, 0.15) is 11.1 Å². The Morgan fingerprint density at radius 1 is 1.16 bits per heavy atom. The second-order valence-electron chi connectivity index (χ2n) is 3.82. The molecule has 0 N–H and O–H groups in total. The lowest BCUT2D eigenvalue weighted by atomic mass is 10.0. The van der Waals surface area contributed by atoms with Crippen LogP contribution in [0.4, 0.5) is 4.39 Å². The summed E-state index contributed by atoms with van der Waals surface area (Å²) in [6, 6.07) is 13.0. The van der Waals surface area contributed by atoms with Gasteiger partial charge in [0.15, 0.2) is 0 Å². The molecule has 0 saturated heterocycles. The van der Waals surface area contributed by atoms with Crippen molar-refractivity contribution in [2.45, 2.75) is 0 Å². The Morgan fingerprint density at radius 3 is 2.53 bits per heavy atom. The fourth-order valence-corrected chi connectivity index (χ4v) is 2.09. The number of allylic oxidation sites excluding steroid dienone is 1. The van der Waals surface area contributed by atoms with Crippen molar-refractivity contribution in [1.82, 2.24) is 0 Å². The molecule has 94 valence electrons. The van der Waals surface area contributed by atoms with Crippen LogP contribution in [0.3, 0.4) is 0 Å². The van der Waals surface area contributed by atoms with E-state index in [9.17, 15) is 4.39 Å². The van der Waals surface area contributed by atoms with Crippen LogP contribution >= 0.6 is 23.2 Å². The maximum atomic E-state index is 13.6. The number of rotatable bonds is 2. The second-order valence-corrected chi connectivity index (χ2v) is 4.66. The fraction of sp³-hybridized carbons (Fsp3) is 0. The first-order chi connectivity index (χ1) is 9.11. The summed E-state index contributed by atoms with van der Waals surface area (Å²) in [5, 5.41) is 10.1. The highest BCUT2D eigenvalue weighted by atomic mass is 35.5. The predicted molar refractivity (Wildman–Crippen MR) is 76.3 cm³/mol. The summed E-state index contributed by atoms with van der Waals surface area (Å²) in [5.41, 5.74) is 1.07. The molecule has 0 saturated carbocycles. The summed E-state index contributed by atoms with van der Waals surface area (Å²) in [5.74, 6) is -0.444. The summed E-state index contributed by atoms with van der Waals surface area (Å²) < 4.78 is 13.6. The lowest BCUT2D eigenvalue weighted by Gasteiger charge is -2.03. The van der Waals surface area contributed by atoms with Gasteiger partial charge in [-0.2, -0.15) is 5.26 Å². The zero-order valence-corrected chi connectivity index (χ0v) is 11.2. The minimum absolute atomic E-state index is 0.210. The Morgan fingerprint density at radius 2 is 1.89 bits per heavy atom. The van der Waals surface area contributed by atoms with Gasteiger partial charge in [0.25, 0.3) is 0 Å². The molecule has 2 rings (SSSR count). The molecule has 0 aromatic heterocycles. The van der Waals surface area contributed by atoms with E-state index in [1.807, 2.05) is 6.07 Å². The van der Waals surface area contributed by atoms with Crippen LogP contribution in [-0.4, -0.2) is 0 Å². The van der Waals surface area contributed by atoms with E-state index in [0.717, 1.165) is 0 Å². The molecule has 0 amide bonds. The summed E-state index contributed by atoms with van der Waals surface area (Å²) in [7, 11) is 0. The molecule has 0 aliphatic carbocycles. The van der Waals surface area contributed by atoms with Gasteiger partial charge in [-0.05, 0) is 29.8 Å². The number of benzene rings is 2. The predicted octanol–water partition coefficient (Wildman–Crippen LogP) is 5.20. The van der Waals surface area contributed by atoms with Crippen LogP contribution in [0.5, 0.6) is 0 Å². The van der Waals surface area contributed by atoms with E-state index < -0.39 is 5.82 Å². The average Bonchev–Trinajstić information content (AvgIpc) is 2.39. The van der Waals surface area contributed by atoms with Crippen molar-refractivity contribution < 1.29 is 4.39 Å². The zero-order valence-electron chi connectivity index (χ0n) is 9.70. The Bertz CT molecular complexity index is 687. The van der Waals surface area contributed by atoms with Crippen LogP contribution in [0.15, 0.2) is 42.5 Å². The Labute approximate surface area is 120 Å². The normalized spacial score (nSPS) is 11.2. The molecule has 4 heteroatoms. The molecule has 0 spiro atoms. The maximum absolute atomic E-state index is 13.6. The van der Waals surface area contributed by atoms with E-state index in [1.54, 1.807) is 36.4 Å². The number of hydrogen-bond donors (Lipinski definition) is 0. The lowest BCUT2D eigenvalue weighted by molar-refractivity contribution is 0.624. The molecule has 2 aromatic carbocycles. The highest BCUT2D eigenvalue weighted by Crippen LogP contribution is 2.26. The molecular formula is C15H8Cl2FN. The molecule has 1 nitrogen and oxygen atoms in total. The number of nitriles is 1. The van der Waals surface area contributed by atoms with Crippen LogP contribution in [0.2, 0.25) is 10.0 Å². The van der Waals surface area contributed by atoms with E-state index in [2.05, 4.69) is 0 Å². The number of halogens is 3. The first-order valence-electron chi connectivity index (χ1n) is 5.43. The molecule has 0 heterocycles. The van der Waals surface area contributed by atoms with Crippen LogP contribution < -0.4 is 0 Å². The van der Waals surface area contributed by atoms with Crippen molar-refractivity contribution >= 4 is 34.9 Å². The van der Waals surface area contributed by atoms with Gasteiger partial charge in [-0.25, -0.2) is 4.39 Å². The molecule has 0 bridgehead atoms. The largest absolute Gasteiger partial charge is 0.206 e. The third-order valence-corrected chi connectivity index (χ3v) is 3.11. The number of hydrogen-bond acceptors (Lipinski definition) is 1. The molecule has 0 radical (unpaired) electrons. The average molecular weight is 292 g/mol. The highest BCUT2D eigenvalue weighted by molar-refractivity contribution is 6.35. The molecule has 0 unspecified atom stereocenters.